The zero-order valence-corrected chi connectivity index (χ0v) is 17.5. The minimum atomic E-state index is 0. The molecule has 1 aromatic rings. The minimum absolute atomic E-state index is 0. The van der Waals surface area contributed by atoms with Gasteiger partial charge in [-0.25, -0.2) is 9.98 Å². The van der Waals surface area contributed by atoms with Crippen molar-refractivity contribution in [1.29, 1.82) is 0 Å². The summed E-state index contributed by atoms with van der Waals surface area (Å²) >= 11 is 0. The summed E-state index contributed by atoms with van der Waals surface area (Å²) in [5.41, 5.74) is 1.15. The normalized spacial score (nSPS) is 15.2. The highest BCUT2D eigenvalue weighted by Gasteiger charge is 2.16. The number of piperazine rings is 1. The highest BCUT2D eigenvalue weighted by molar-refractivity contribution is 14.0. The summed E-state index contributed by atoms with van der Waals surface area (Å²) in [6.45, 7) is 11.5. The van der Waals surface area contributed by atoms with E-state index in [1.54, 1.807) is 0 Å². The molecule has 1 saturated heterocycles. The number of aromatic nitrogens is 1. The van der Waals surface area contributed by atoms with Crippen LogP contribution in [-0.4, -0.2) is 61.7 Å². The van der Waals surface area contributed by atoms with E-state index in [1.165, 1.54) is 0 Å². The van der Waals surface area contributed by atoms with Gasteiger partial charge in [-0.1, -0.05) is 12.8 Å². The number of hydrogen-bond acceptors (Lipinski definition) is 4. The van der Waals surface area contributed by atoms with Crippen LogP contribution in [0.4, 0.5) is 5.82 Å². The van der Waals surface area contributed by atoms with Gasteiger partial charge in [0.15, 0.2) is 5.96 Å². The third-order valence-electron chi connectivity index (χ3n) is 4.08. The van der Waals surface area contributed by atoms with Gasteiger partial charge in [-0.2, -0.15) is 0 Å². The Labute approximate surface area is 168 Å². The molecule has 138 valence electrons. The van der Waals surface area contributed by atoms with Crippen molar-refractivity contribution in [2.45, 2.75) is 20.4 Å². The van der Waals surface area contributed by atoms with Crippen molar-refractivity contribution in [2.24, 2.45) is 4.99 Å². The fourth-order valence-electron chi connectivity index (χ4n) is 2.67. The molecular formula is C18H29IN6. The SMILES string of the molecule is C#CCNC(=NCc1ccnc(N2CCN(CC)CC2)c1)NCC.I. The lowest BCUT2D eigenvalue weighted by Gasteiger charge is -2.34. The molecule has 2 heterocycles. The summed E-state index contributed by atoms with van der Waals surface area (Å²) < 4.78 is 0. The van der Waals surface area contributed by atoms with Crippen molar-refractivity contribution in [3.63, 3.8) is 0 Å². The number of halogens is 1. The zero-order chi connectivity index (χ0) is 17.2. The van der Waals surface area contributed by atoms with Gasteiger partial charge >= 0.3 is 0 Å². The molecule has 0 aliphatic carbocycles. The second-order valence-electron chi connectivity index (χ2n) is 5.70. The van der Waals surface area contributed by atoms with E-state index >= 15 is 0 Å². The van der Waals surface area contributed by atoms with Crippen LogP contribution in [0.2, 0.25) is 0 Å². The Morgan fingerprint density at radius 1 is 1.28 bits per heavy atom. The van der Waals surface area contributed by atoms with Gasteiger partial charge in [0, 0.05) is 38.9 Å². The average molecular weight is 456 g/mol. The number of aliphatic imine (C=N–C) groups is 1. The van der Waals surface area contributed by atoms with Crippen molar-refractivity contribution in [3.05, 3.63) is 23.9 Å². The molecule has 0 amide bonds. The predicted molar refractivity (Wildman–Crippen MR) is 116 cm³/mol. The molecule has 1 aliphatic heterocycles. The lowest BCUT2D eigenvalue weighted by molar-refractivity contribution is 0.270. The molecule has 0 radical (unpaired) electrons. The standard InChI is InChI=1S/C18H28N6.HI/c1-4-8-21-18(19-5-2)22-15-16-7-9-20-17(14-16)24-12-10-23(6-3)11-13-24;/h1,7,9,14H,5-6,8,10-13,15H2,2-3H3,(H2,19,21,22);1H. The van der Waals surface area contributed by atoms with Crippen LogP contribution in [-0.2, 0) is 6.54 Å². The van der Waals surface area contributed by atoms with Gasteiger partial charge < -0.3 is 20.4 Å². The molecule has 1 aromatic heterocycles. The van der Waals surface area contributed by atoms with Gasteiger partial charge in [-0.3, -0.25) is 0 Å². The van der Waals surface area contributed by atoms with Crippen molar-refractivity contribution >= 4 is 35.8 Å². The van der Waals surface area contributed by atoms with E-state index in [-0.39, 0.29) is 24.0 Å². The molecule has 0 bridgehead atoms. The van der Waals surface area contributed by atoms with Gasteiger partial charge in [0.05, 0.1) is 13.1 Å². The molecule has 0 spiro atoms. The second-order valence-corrected chi connectivity index (χ2v) is 5.70. The van der Waals surface area contributed by atoms with Gasteiger partial charge in [0.2, 0.25) is 0 Å². The Hall–Kier alpha value is -1.53. The number of anilines is 1. The summed E-state index contributed by atoms with van der Waals surface area (Å²) in [5, 5.41) is 6.29. The van der Waals surface area contributed by atoms with Crippen LogP contribution in [0.25, 0.3) is 0 Å². The van der Waals surface area contributed by atoms with E-state index in [2.05, 4.69) is 49.3 Å². The fourth-order valence-corrected chi connectivity index (χ4v) is 2.67. The zero-order valence-electron chi connectivity index (χ0n) is 15.2. The van der Waals surface area contributed by atoms with Crippen LogP contribution in [0.5, 0.6) is 0 Å². The largest absolute Gasteiger partial charge is 0.357 e. The lowest BCUT2D eigenvalue weighted by atomic mass is 10.2. The summed E-state index contributed by atoms with van der Waals surface area (Å²) in [5.74, 6) is 4.35. The third kappa shape index (κ3) is 7.08. The first-order chi connectivity index (χ1) is 11.8. The molecule has 2 N–H and O–H groups in total. The van der Waals surface area contributed by atoms with Crippen LogP contribution in [0, 0.1) is 12.3 Å². The Morgan fingerprint density at radius 2 is 2.04 bits per heavy atom. The second kappa shape index (κ2) is 11.9. The molecule has 0 atom stereocenters. The number of hydrogen-bond donors (Lipinski definition) is 2. The molecule has 0 saturated carbocycles. The molecule has 0 unspecified atom stereocenters. The van der Waals surface area contributed by atoms with Crippen molar-refractivity contribution in [2.75, 3.05) is 50.7 Å². The van der Waals surface area contributed by atoms with Crippen LogP contribution < -0.4 is 15.5 Å². The number of nitrogens with zero attached hydrogens (tertiary/aromatic N) is 4. The Kier molecular flexibility index (Phi) is 10.3. The predicted octanol–water partition coefficient (Wildman–Crippen LogP) is 1.53. The van der Waals surface area contributed by atoms with Gasteiger partial charge in [-0.15, -0.1) is 30.4 Å². The number of likely N-dealkylation sites (N-methyl/N-ethyl adjacent to an activating group) is 1. The summed E-state index contributed by atoms with van der Waals surface area (Å²) in [4.78, 5) is 13.9. The summed E-state index contributed by atoms with van der Waals surface area (Å²) in [6, 6.07) is 4.15. The number of pyridine rings is 1. The monoisotopic (exact) mass is 456 g/mol. The minimum Gasteiger partial charge on any atom is -0.357 e. The van der Waals surface area contributed by atoms with E-state index in [1.807, 2.05) is 19.2 Å². The van der Waals surface area contributed by atoms with Crippen LogP contribution in [0.3, 0.4) is 0 Å². The molecule has 25 heavy (non-hydrogen) atoms. The lowest BCUT2D eigenvalue weighted by Crippen LogP contribution is -2.46. The Morgan fingerprint density at radius 3 is 2.68 bits per heavy atom. The maximum absolute atomic E-state index is 5.29. The van der Waals surface area contributed by atoms with Crippen LogP contribution in [0.15, 0.2) is 23.3 Å². The molecule has 7 heteroatoms. The number of guanidine groups is 1. The number of terminal acetylenes is 1. The maximum Gasteiger partial charge on any atom is 0.192 e. The molecule has 6 nitrogen and oxygen atoms in total. The van der Waals surface area contributed by atoms with E-state index in [4.69, 9.17) is 6.42 Å². The van der Waals surface area contributed by atoms with E-state index in [9.17, 15) is 0 Å². The first kappa shape index (κ1) is 21.5. The smallest absolute Gasteiger partial charge is 0.192 e. The molecule has 1 fully saturated rings. The Bertz CT molecular complexity index is 575. The van der Waals surface area contributed by atoms with E-state index < -0.39 is 0 Å². The average Bonchev–Trinajstić information content (AvgIpc) is 2.64. The topological polar surface area (TPSA) is 55.8 Å². The maximum atomic E-state index is 5.29. The summed E-state index contributed by atoms with van der Waals surface area (Å²) in [6.07, 6.45) is 7.16. The number of rotatable bonds is 6. The quantitative estimate of drug-likeness (QED) is 0.295. The van der Waals surface area contributed by atoms with E-state index in [0.29, 0.717) is 13.1 Å². The molecular weight excluding hydrogens is 427 g/mol. The van der Waals surface area contributed by atoms with E-state index in [0.717, 1.165) is 56.6 Å². The molecule has 2 rings (SSSR count). The molecule has 0 aromatic carbocycles. The Balaban J connectivity index is 0.00000312. The fraction of sp³-hybridized carbons (Fsp3) is 0.556. The van der Waals surface area contributed by atoms with Gasteiger partial charge in [-0.05, 0) is 31.2 Å². The first-order valence-corrected chi connectivity index (χ1v) is 8.64. The molecule has 1 aliphatic rings. The van der Waals surface area contributed by atoms with Crippen molar-refractivity contribution < 1.29 is 0 Å². The number of nitrogens with one attached hydrogen (secondary N) is 2. The van der Waals surface area contributed by atoms with Gasteiger partial charge in [0.25, 0.3) is 0 Å². The highest BCUT2D eigenvalue weighted by Crippen LogP contribution is 2.15. The first-order valence-electron chi connectivity index (χ1n) is 8.64. The van der Waals surface area contributed by atoms with Crippen LogP contribution >= 0.6 is 24.0 Å². The van der Waals surface area contributed by atoms with Gasteiger partial charge in [0.1, 0.15) is 5.82 Å². The third-order valence-corrected chi connectivity index (χ3v) is 4.08. The van der Waals surface area contributed by atoms with Crippen molar-refractivity contribution in [3.8, 4) is 12.3 Å². The van der Waals surface area contributed by atoms with Crippen molar-refractivity contribution in [1.82, 2.24) is 20.5 Å². The summed E-state index contributed by atoms with van der Waals surface area (Å²) in [7, 11) is 0. The van der Waals surface area contributed by atoms with Crippen LogP contribution in [0.1, 0.15) is 19.4 Å². The highest BCUT2D eigenvalue weighted by atomic mass is 127.